The summed E-state index contributed by atoms with van der Waals surface area (Å²) in [6.07, 6.45) is 3.34. The third-order valence-corrected chi connectivity index (χ3v) is 6.96. The highest BCUT2D eigenvalue weighted by Gasteiger charge is 2.57. The van der Waals surface area contributed by atoms with Crippen molar-refractivity contribution in [2.24, 2.45) is 15.9 Å². The summed E-state index contributed by atoms with van der Waals surface area (Å²) in [6, 6.07) is 15.6. The molecule has 156 valence electrons. The van der Waals surface area contributed by atoms with Crippen LogP contribution >= 0.6 is 0 Å². The Morgan fingerprint density at radius 2 is 1.93 bits per heavy atom. The lowest BCUT2D eigenvalue weighted by atomic mass is 9.65. The first kappa shape index (κ1) is 20.1. The van der Waals surface area contributed by atoms with E-state index in [1.807, 2.05) is 55.5 Å². The van der Waals surface area contributed by atoms with Crippen LogP contribution in [0.15, 0.2) is 53.6 Å². The maximum Gasteiger partial charge on any atom is 0.246 e. The van der Waals surface area contributed by atoms with Crippen molar-refractivity contribution in [2.75, 3.05) is 7.11 Å². The number of nitrogens with one attached hydrogen (secondary N) is 2. The standard InChI is InChI=1S/C24H28N4O2/c1-23(2)18(21-26-19-7-5-6-8-20(19)27-21)13-14-24(23,3)22(29)28-25-15-16-9-11-17(30-4)12-10-16/h5-12,15,18H,13-14H2,1-4H3,(H,26,27)(H,28,29)/b25-15-/t18-,24-/m1/s1. The van der Waals surface area contributed by atoms with Gasteiger partial charge >= 0.3 is 0 Å². The molecule has 0 spiro atoms. The fraction of sp³-hybridized carbons (Fsp3) is 0.375. The number of nitrogens with zero attached hydrogens (tertiary/aromatic N) is 2. The first-order chi connectivity index (χ1) is 14.3. The summed E-state index contributed by atoms with van der Waals surface area (Å²) in [6.45, 7) is 6.35. The van der Waals surface area contributed by atoms with Crippen LogP contribution in [0.2, 0.25) is 0 Å². The number of amides is 1. The molecule has 2 aromatic carbocycles. The molecule has 2 N–H and O–H groups in total. The number of para-hydroxylation sites is 2. The second-order valence-corrected chi connectivity index (χ2v) is 8.76. The molecule has 3 aromatic rings. The van der Waals surface area contributed by atoms with Crippen LogP contribution in [0.1, 0.15) is 50.9 Å². The van der Waals surface area contributed by atoms with Gasteiger partial charge < -0.3 is 9.72 Å². The predicted octanol–water partition coefficient (Wildman–Crippen LogP) is 4.63. The number of ether oxygens (including phenoxy) is 1. The van der Waals surface area contributed by atoms with Gasteiger partial charge in [-0.15, -0.1) is 0 Å². The third-order valence-electron chi connectivity index (χ3n) is 6.96. The van der Waals surface area contributed by atoms with E-state index in [0.717, 1.165) is 41.0 Å². The molecule has 0 saturated heterocycles. The molecule has 0 bridgehead atoms. The van der Waals surface area contributed by atoms with E-state index in [1.165, 1.54) is 0 Å². The summed E-state index contributed by atoms with van der Waals surface area (Å²) >= 11 is 0. The average Bonchev–Trinajstić information content (AvgIpc) is 3.27. The van der Waals surface area contributed by atoms with E-state index in [1.54, 1.807) is 13.3 Å². The van der Waals surface area contributed by atoms with Gasteiger partial charge in [0.2, 0.25) is 5.91 Å². The highest BCUT2D eigenvalue weighted by Crippen LogP contribution is 2.59. The van der Waals surface area contributed by atoms with Gasteiger partial charge in [-0.25, -0.2) is 10.4 Å². The number of H-pyrrole nitrogens is 1. The Hall–Kier alpha value is -3.15. The van der Waals surface area contributed by atoms with Gasteiger partial charge in [-0.1, -0.05) is 32.9 Å². The second-order valence-electron chi connectivity index (χ2n) is 8.76. The highest BCUT2D eigenvalue weighted by atomic mass is 16.5. The number of hydrazone groups is 1. The van der Waals surface area contributed by atoms with Gasteiger partial charge in [0.25, 0.3) is 0 Å². The van der Waals surface area contributed by atoms with Crippen molar-refractivity contribution >= 4 is 23.2 Å². The van der Waals surface area contributed by atoms with Gasteiger partial charge in [0.1, 0.15) is 11.6 Å². The first-order valence-electron chi connectivity index (χ1n) is 10.3. The van der Waals surface area contributed by atoms with E-state index in [-0.39, 0.29) is 17.2 Å². The zero-order valence-electron chi connectivity index (χ0n) is 17.9. The zero-order valence-corrected chi connectivity index (χ0v) is 17.9. The van der Waals surface area contributed by atoms with Crippen LogP contribution in [-0.4, -0.2) is 29.2 Å². The summed E-state index contributed by atoms with van der Waals surface area (Å²) < 4.78 is 5.16. The largest absolute Gasteiger partial charge is 0.497 e. The number of hydrogen-bond acceptors (Lipinski definition) is 4. The van der Waals surface area contributed by atoms with Gasteiger partial charge in [-0.05, 0) is 60.2 Å². The molecule has 1 aliphatic rings. The number of hydrogen-bond donors (Lipinski definition) is 2. The minimum absolute atomic E-state index is 0.0594. The van der Waals surface area contributed by atoms with Crippen LogP contribution in [0, 0.1) is 10.8 Å². The van der Waals surface area contributed by atoms with E-state index < -0.39 is 5.41 Å². The van der Waals surface area contributed by atoms with Gasteiger partial charge in [-0.2, -0.15) is 5.10 Å². The zero-order chi connectivity index (χ0) is 21.4. The number of methoxy groups -OCH3 is 1. The average molecular weight is 405 g/mol. The Morgan fingerprint density at radius 1 is 1.20 bits per heavy atom. The topological polar surface area (TPSA) is 79.4 Å². The van der Waals surface area contributed by atoms with Gasteiger partial charge in [0.15, 0.2) is 0 Å². The van der Waals surface area contributed by atoms with E-state index in [0.29, 0.717) is 0 Å². The molecule has 0 radical (unpaired) electrons. The Kier molecular flexibility index (Phi) is 5.10. The number of aromatic nitrogens is 2. The second kappa shape index (κ2) is 7.59. The summed E-state index contributed by atoms with van der Waals surface area (Å²) in [4.78, 5) is 21.4. The molecule has 6 nitrogen and oxygen atoms in total. The Labute approximate surface area is 176 Å². The van der Waals surface area contributed by atoms with Crippen LogP contribution in [0.3, 0.4) is 0 Å². The quantitative estimate of drug-likeness (QED) is 0.481. The molecule has 1 heterocycles. The van der Waals surface area contributed by atoms with Crippen molar-refractivity contribution < 1.29 is 9.53 Å². The number of aromatic amines is 1. The molecule has 1 saturated carbocycles. The maximum absolute atomic E-state index is 13.1. The number of benzene rings is 2. The lowest BCUT2D eigenvalue weighted by Gasteiger charge is -2.39. The van der Waals surface area contributed by atoms with Crippen molar-refractivity contribution in [3.8, 4) is 5.75 Å². The molecule has 1 aromatic heterocycles. The Balaban J connectivity index is 1.50. The minimum atomic E-state index is -0.548. The van der Waals surface area contributed by atoms with Crippen molar-refractivity contribution in [1.29, 1.82) is 0 Å². The van der Waals surface area contributed by atoms with E-state index in [4.69, 9.17) is 9.72 Å². The molecule has 1 amide bonds. The Bertz CT molecular complexity index is 1050. The lowest BCUT2D eigenvalue weighted by Crippen LogP contribution is -2.45. The SMILES string of the molecule is COc1ccc(/C=N\NC(=O)[C@@]2(C)CC[C@H](c3nc4ccccc4[nH]3)C2(C)C)cc1. The molecule has 1 aliphatic carbocycles. The Morgan fingerprint density at radius 3 is 2.63 bits per heavy atom. The summed E-state index contributed by atoms with van der Waals surface area (Å²) in [5.74, 6) is 1.86. The van der Waals surface area contributed by atoms with E-state index in [2.05, 4.69) is 29.4 Å². The van der Waals surface area contributed by atoms with Gasteiger partial charge in [-0.3, -0.25) is 4.79 Å². The van der Waals surface area contributed by atoms with Gasteiger partial charge in [0, 0.05) is 5.92 Å². The monoisotopic (exact) mass is 404 g/mol. The van der Waals surface area contributed by atoms with Crippen molar-refractivity contribution in [3.05, 3.63) is 59.9 Å². The molecule has 1 fully saturated rings. The number of fused-ring (bicyclic) bond motifs is 1. The normalized spacial score (nSPS) is 23.1. The molecule has 0 unspecified atom stereocenters. The molecule has 6 heteroatoms. The maximum atomic E-state index is 13.1. The smallest absolute Gasteiger partial charge is 0.246 e. The molecule has 4 rings (SSSR count). The van der Waals surface area contributed by atoms with Crippen LogP contribution < -0.4 is 10.2 Å². The fourth-order valence-corrected chi connectivity index (χ4v) is 4.50. The van der Waals surface area contributed by atoms with Crippen LogP contribution in [0.25, 0.3) is 11.0 Å². The lowest BCUT2D eigenvalue weighted by molar-refractivity contribution is -0.135. The summed E-state index contributed by atoms with van der Waals surface area (Å²) in [7, 11) is 1.63. The molecule has 2 atom stereocenters. The van der Waals surface area contributed by atoms with Gasteiger partial charge in [0.05, 0.1) is 29.8 Å². The van der Waals surface area contributed by atoms with Crippen LogP contribution in [0.5, 0.6) is 5.75 Å². The number of imidazole rings is 1. The first-order valence-corrected chi connectivity index (χ1v) is 10.3. The number of carbonyl (C=O) groups excluding carboxylic acids is 1. The molecular formula is C24H28N4O2. The van der Waals surface area contributed by atoms with Crippen LogP contribution in [-0.2, 0) is 4.79 Å². The molecular weight excluding hydrogens is 376 g/mol. The fourth-order valence-electron chi connectivity index (χ4n) is 4.50. The number of carbonyl (C=O) groups is 1. The van der Waals surface area contributed by atoms with Crippen molar-refractivity contribution in [3.63, 3.8) is 0 Å². The highest BCUT2D eigenvalue weighted by molar-refractivity contribution is 5.86. The van der Waals surface area contributed by atoms with Crippen LogP contribution in [0.4, 0.5) is 0 Å². The predicted molar refractivity (Wildman–Crippen MR) is 119 cm³/mol. The number of rotatable bonds is 5. The van der Waals surface area contributed by atoms with E-state index in [9.17, 15) is 4.79 Å². The third kappa shape index (κ3) is 3.36. The van der Waals surface area contributed by atoms with Crippen molar-refractivity contribution in [2.45, 2.75) is 39.5 Å². The molecule has 30 heavy (non-hydrogen) atoms. The summed E-state index contributed by atoms with van der Waals surface area (Å²) in [5, 5.41) is 4.20. The summed E-state index contributed by atoms with van der Waals surface area (Å²) in [5.41, 5.74) is 4.83. The molecule has 0 aliphatic heterocycles. The minimum Gasteiger partial charge on any atom is -0.497 e. The van der Waals surface area contributed by atoms with Crippen molar-refractivity contribution in [1.82, 2.24) is 15.4 Å². The van der Waals surface area contributed by atoms with E-state index >= 15 is 0 Å².